The fourth-order valence-corrected chi connectivity index (χ4v) is 2.21. The summed E-state index contributed by atoms with van der Waals surface area (Å²) in [6.07, 6.45) is 6.52. The summed E-state index contributed by atoms with van der Waals surface area (Å²) in [4.78, 5) is 0. The lowest BCUT2D eigenvalue weighted by atomic mass is 10.6. The van der Waals surface area contributed by atoms with Gasteiger partial charge in [-0.3, -0.25) is 0 Å². The molecule has 1 aliphatic rings. The molecule has 4 heteroatoms. The van der Waals surface area contributed by atoms with Crippen LogP contribution in [-0.2, 0) is 9.84 Å². The molecule has 0 aromatic carbocycles. The summed E-state index contributed by atoms with van der Waals surface area (Å²) < 4.78 is 24.1. The first-order valence-electron chi connectivity index (χ1n) is 3.47. The van der Waals surface area contributed by atoms with Crippen LogP contribution in [0.25, 0.3) is 5.03 Å². The Morgan fingerprint density at radius 1 is 1.17 bits per heavy atom. The van der Waals surface area contributed by atoms with Crippen LogP contribution in [0.2, 0.25) is 0 Å². The normalized spacial score (nSPS) is 19.5. The van der Waals surface area contributed by atoms with Gasteiger partial charge in [-0.05, 0) is 24.3 Å². The highest BCUT2D eigenvalue weighted by atomic mass is 32.2. The number of hydrogen-bond acceptors (Lipinski definition) is 2. The standard InChI is InChI=1S/C8H7NO2S/c10-12(11)7-3-4-8(12)9-5-1-2-6-9/h1-7H. The Morgan fingerprint density at radius 3 is 2.33 bits per heavy atom. The Labute approximate surface area is 70.6 Å². The Hall–Kier alpha value is -1.29. The van der Waals surface area contributed by atoms with Crippen molar-refractivity contribution >= 4 is 14.9 Å². The van der Waals surface area contributed by atoms with Crippen LogP contribution in [0.5, 0.6) is 0 Å². The predicted molar refractivity (Wildman–Crippen MR) is 46.8 cm³/mol. The molecule has 1 aromatic heterocycles. The minimum atomic E-state index is -3.17. The summed E-state index contributed by atoms with van der Waals surface area (Å²) in [7, 11) is -3.17. The predicted octanol–water partition coefficient (Wildman–Crippen LogP) is 1.23. The van der Waals surface area contributed by atoms with Gasteiger partial charge in [0.15, 0.2) is 0 Å². The van der Waals surface area contributed by atoms with Crippen LogP contribution in [0.4, 0.5) is 0 Å². The summed E-state index contributed by atoms with van der Waals surface area (Å²) in [6.45, 7) is 0. The molecule has 0 aliphatic carbocycles. The second-order valence-corrected chi connectivity index (χ2v) is 4.25. The van der Waals surface area contributed by atoms with Gasteiger partial charge in [-0.25, -0.2) is 8.42 Å². The van der Waals surface area contributed by atoms with Gasteiger partial charge >= 0.3 is 0 Å². The van der Waals surface area contributed by atoms with Gasteiger partial charge < -0.3 is 4.57 Å². The topological polar surface area (TPSA) is 39.1 Å². The summed E-state index contributed by atoms with van der Waals surface area (Å²) in [6, 6.07) is 3.57. The first kappa shape index (κ1) is 7.36. The average Bonchev–Trinajstić information content (AvgIpc) is 2.55. The molecule has 62 valence electrons. The lowest BCUT2D eigenvalue weighted by Crippen LogP contribution is -2.01. The third-order valence-corrected chi connectivity index (χ3v) is 3.09. The lowest BCUT2D eigenvalue weighted by Gasteiger charge is -2.01. The van der Waals surface area contributed by atoms with Crippen LogP contribution in [0, 0.1) is 0 Å². The second kappa shape index (κ2) is 2.35. The first-order chi connectivity index (χ1) is 5.70. The van der Waals surface area contributed by atoms with Crippen molar-refractivity contribution < 1.29 is 8.42 Å². The van der Waals surface area contributed by atoms with E-state index in [1.54, 1.807) is 35.2 Å². The van der Waals surface area contributed by atoms with E-state index in [1.165, 1.54) is 11.5 Å². The molecular weight excluding hydrogens is 174 g/mol. The summed E-state index contributed by atoms with van der Waals surface area (Å²) in [5, 5.41) is 1.51. The minimum absolute atomic E-state index is 0.313. The maximum Gasteiger partial charge on any atom is 0.215 e. The Bertz CT molecular complexity index is 437. The largest absolute Gasteiger partial charge is 0.314 e. The lowest BCUT2D eigenvalue weighted by molar-refractivity contribution is 0.612. The highest BCUT2D eigenvalue weighted by Crippen LogP contribution is 2.20. The number of hydrogen-bond donors (Lipinski definition) is 0. The molecule has 0 radical (unpaired) electrons. The third kappa shape index (κ3) is 1.00. The van der Waals surface area contributed by atoms with Gasteiger partial charge in [0.05, 0.1) is 0 Å². The Morgan fingerprint density at radius 2 is 1.83 bits per heavy atom. The molecular formula is C8H7NO2S. The molecule has 0 unspecified atom stereocenters. The van der Waals surface area contributed by atoms with Crippen molar-refractivity contribution in [1.29, 1.82) is 0 Å². The Kier molecular flexibility index (Phi) is 1.44. The van der Waals surface area contributed by atoms with E-state index in [4.69, 9.17) is 0 Å². The molecule has 0 saturated carbocycles. The monoisotopic (exact) mass is 181 g/mol. The molecule has 0 atom stereocenters. The summed E-state index contributed by atoms with van der Waals surface area (Å²) >= 11 is 0. The zero-order valence-corrected chi connectivity index (χ0v) is 7.03. The van der Waals surface area contributed by atoms with E-state index in [0.29, 0.717) is 5.03 Å². The fourth-order valence-electron chi connectivity index (χ4n) is 1.10. The van der Waals surface area contributed by atoms with Crippen molar-refractivity contribution in [3.8, 4) is 0 Å². The van der Waals surface area contributed by atoms with Crippen molar-refractivity contribution in [1.82, 2.24) is 4.57 Å². The van der Waals surface area contributed by atoms with Crippen LogP contribution in [-0.4, -0.2) is 13.0 Å². The quantitative estimate of drug-likeness (QED) is 0.653. The van der Waals surface area contributed by atoms with Crippen LogP contribution < -0.4 is 0 Å². The highest BCUT2D eigenvalue weighted by molar-refractivity contribution is 8.03. The molecule has 2 heterocycles. The van der Waals surface area contributed by atoms with Crippen molar-refractivity contribution in [3.05, 3.63) is 42.1 Å². The van der Waals surface area contributed by atoms with Crippen LogP contribution in [0.1, 0.15) is 0 Å². The van der Waals surface area contributed by atoms with Gasteiger partial charge in [0, 0.05) is 17.8 Å². The van der Waals surface area contributed by atoms with E-state index < -0.39 is 9.84 Å². The molecule has 1 aromatic rings. The molecule has 2 rings (SSSR count). The van der Waals surface area contributed by atoms with Crippen molar-refractivity contribution in [2.75, 3.05) is 0 Å². The van der Waals surface area contributed by atoms with Crippen LogP contribution in [0.15, 0.2) is 42.1 Å². The molecule has 0 spiro atoms. The average molecular weight is 181 g/mol. The molecule has 0 saturated heterocycles. The molecule has 0 bridgehead atoms. The fraction of sp³-hybridized carbons (Fsp3) is 0. The number of allylic oxidation sites excluding steroid dienone is 2. The van der Waals surface area contributed by atoms with Crippen molar-refractivity contribution in [2.24, 2.45) is 0 Å². The molecule has 0 N–H and O–H groups in total. The molecule has 12 heavy (non-hydrogen) atoms. The van der Waals surface area contributed by atoms with Crippen molar-refractivity contribution in [2.45, 2.75) is 0 Å². The second-order valence-electron chi connectivity index (χ2n) is 2.47. The molecule has 0 fully saturated rings. The van der Waals surface area contributed by atoms with E-state index >= 15 is 0 Å². The SMILES string of the molecule is O=S1(=O)C=CC=C1n1cccc1. The summed E-state index contributed by atoms with van der Waals surface area (Å²) in [5.41, 5.74) is 0. The first-order valence-corrected chi connectivity index (χ1v) is 5.01. The smallest absolute Gasteiger partial charge is 0.215 e. The maximum atomic E-state index is 11.3. The molecule has 1 aliphatic heterocycles. The third-order valence-electron chi connectivity index (χ3n) is 1.65. The zero-order valence-electron chi connectivity index (χ0n) is 6.21. The van der Waals surface area contributed by atoms with Crippen LogP contribution >= 0.6 is 0 Å². The van der Waals surface area contributed by atoms with Gasteiger partial charge in [0.25, 0.3) is 0 Å². The number of rotatable bonds is 1. The van der Waals surface area contributed by atoms with E-state index in [1.807, 2.05) is 0 Å². The van der Waals surface area contributed by atoms with Crippen molar-refractivity contribution in [3.63, 3.8) is 0 Å². The van der Waals surface area contributed by atoms with E-state index in [0.717, 1.165) is 0 Å². The van der Waals surface area contributed by atoms with Gasteiger partial charge in [0.1, 0.15) is 5.03 Å². The highest BCUT2D eigenvalue weighted by Gasteiger charge is 2.18. The molecule has 3 nitrogen and oxygen atoms in total. The van der Waals surface area contributed by atoms with Gasteiger partial charge in [-0.15, -0.1) is 0 Å². The minimum Gasteiger partial charge on any atom is -0.314 e. The van der Waals surface area contributed by atoms with E-state index in [9.17, 15) is 8.42 Å². The summed E-state index contributed by atoms with van der Waals surface area (Å²) in [5.74, 6) is 0. The zero-order chi connectivity index (χ0) is 8.60. The van der Waals surface area contributed by atoms with E-state index in [2.05, 4.69) is 0 Å². The van der Waals surface area contributed by atoms with Gasteiger partial charge in [-0.2, -0.15) is 0 Å². The number of sulfone groups is 1. The number of aromatic nitrogens is 1. The van der Waals surface area contributed by atoms with E-state index in [-0.39, 0.29) is 0 Å². The van der Waals surface area contributed by atoms with Crippen LogP contribution in [0.3, 0.4) is 0 Å². The van der Waals surface area contributed by atoms with Gasteiger partial charge in [-0.1, -0.05) is 0 Å². The van der Waals surface area contributed by atoms with Gasteiger partial charge in [0.2, 0.25) is 9.84 Å². The Balaban J connectivity index is 2.54. The maximum absolute atomic E-state index is 11.3. The molecule has 0 amide bonds. The number of nitrogens with zero attached hydrogens (tertiary/aromatic N) is 1.